The van der Waals surface area contributed by atoms with E-state index >= 15 is 0 Å². The summed E-state index contributed by atoms with van der Waals surface area (Å²) in [4.78, 5) is 7.06. The minimum atomic E-state index is -3.55. The Labute approximate surface area is 154 Å². The molecular weight excluding hydrogens is 350 g/mol. The van der Waals surface area contributed by atoms with E-state index < -0.39 is 10.0 Å². The van der Waals surface area contributed by atoms with E-state index in [9.17, 15) is 8.42 Å². The molecule has 0 radical (unpaired) electrons. The molecule has 0 amide bonds. The minimum absolute atomic E-state index is 0.225. The molecule has 6 nitrogen and oxygen atoms in total. The number of pyridine rings is 1. The largest absolute Gasteiger partial charge is 0.493 e. The zero-order chi connectivity index (χ0) is 18.0. The first-order valence-electron chi connectivity index (χ1n) is 9.07. The number of nitrogens with zero attached hydrogens (tertiary/aromatic N) is 2. The van der Waals surface area contributed by atoms with Gasteiger partial charge in [-0.15, -0.1) is 0 Å². The van der Waals surface area contributed by atoms with Crippen molar-refractivity contribution in [1.29, 1.82) is 0 Å². The van der Waals surface area contributed by atoms with Crippen LogP contribution in [-0.4, -0.2) is 33.1 Å². The quantitative estimate of drug-likeness (QED) is 0.872. The van der Waals surface area contributed by atoms with E-state index in [-0.39, 0.29) is 11.4 Å². The van der Waals surface area contributed by atoms with Gasteiger partial charge in [0, 0.05) is 32.3 Å². The summed E-state index contributed by atoms with van der Waals surface area (Å²) >= 11 is 0. The van der Waals surface area contributed by atoms with Crippen molar-refractivity contribution in [3.05, 3.63) is 47.7 Å². The Hall–Kier alpha value is -2.12. The molecule has 138 valence electrons. The van der Waals surface area contributed by atoms with Crippen molar-refractivity contribution >= 4 is 15.8 Å². The molecule has 26 heavy (non-hydrogen) atoms. The molecule has 0 saturated carbocycles. The highest BCUT2D eigenvalue weighted by atomic mass is 32.2. The molecule has 0 unspecified atom stereocenters. The third-order valence-corrected chi connectivity index (χ3v) is 6.33. The van der Waals surface area contributed by atoms with E-state index in [2.05, 4.69) is 14.6 Å². The molecule has 7 heteroatoms. The highest BCUT2D eigenvalue weighted by Gasteiger charge is 2.19. The number of ether oxygens (including phenoxy) is 1. The molecule has 1 fully saturated rings. The third kappa shape index (κ3) is 3.68. The molecule has 2 aliphatic heterocycles. The number of aromatic nitrogens is 1. The number of benzene rings is 1. The van der Waals surface area contributed by atoms with Crippen LogP contribution in [0.2, 0.25) is 0 Å². The van der Waals surface area contributed by atoms with Gasteiger partial charge in [-0.3, -0.25) is 0 Å². The molecule has 1 aromatic heterocycles. The van der Waals surface area contributed by atoms with Gasteiger partial charge in [0.15, 0.2) is 0 Å². The van der Waals surface area contributed by atoms with Crippen LogP contribution in [0.3, 0.4) is 0 Å². The van der Waals surface area contributed by atoms with Gasteiger partial charge in [0.25, 0.3) is 0 Å². The van der Waals surface area contributed by atoms with Crippen LogP contribution in [0, 0.1) is 0 Å². The molecule has 0 bridgehead atoms. The minimum Gasteiger partial charge on any atom is -0.493 e. The Morgan fingerprint density at radius 3 is 2.73 bits per heavy atom. The Morgan fingerprint density at radius 2 is 1.96 bits per heavy atom. The second kappa shape index (κ2) is 7.25. The van der Waals surface area contributed by atoms with E-state index in [1.165, 1.54) is 19.3 Å². The van der Waals surface area contributed by atoms with Crippen LogP contribution in [-0.2, 0) is 23.0 Å². The van der Waals surface area contributed by atoms with E-state index in [4.69, 9.17) is 4.74 Å². The zero-order valence-electron chi connectivity index (χ0n) is 14.6. The summed E-state index contributed by atoms with van der Waals surface area (Å²) in [7, 11) is -3.55. The smallest absolute Gasteiger partial charge is 0.240 e. The molecular formula is C19H23N3O3S. The summed E-state index contributed by atoms with van der Waals surface area (Å²) < 4.78 is 33.2. The fraction of sp³-hybridized carbons (Fsp3) is 0.421. The van der Waals surface area contributed by atoms with E-state index in [1.807, 2.05) is 12.1 Å². The summed E-state index contributed by atoms with van der Waals surface area (Å²) in [5, 5.41) is 0. The molecule has 2 aliphatic rings. The second-order valence-corrected chi connectivity index (χ2v) is 8.53. The van der Waals surface area contributed by atoms with Crippen LogP contribution in [0.25, 0.3) is 0 Å². The van der Waals surface area contributed by atoms with Gasteiger partial charge in [-0.2, -0.15) is 0 Å². The van der Waals surface area contributed by atoms with Crippen molar-refractivity contribution in [3.63, 3.8) is 0 Å². The first-order valence-corrected chi connectivity index (χ1v) is 10.6. The lowest BCUT2D eigenvalue weighted by atomic mass is 10.1. The number of nitrogens with one attached hydrogen (secondary N) is 1. The van der Waals surface area contributed by atoms with Gasteiger partial charge in [-0.25, -0.2) is 18.1 Å². The fourth-order valence-corrected chi connectivity index (χ4v) is 4.49. The molecule has 1 saturated heterocycles. The van der Waals surface area contributed by atoms with Crippen molar-refractivity contribution < 1.29 is 13.2 Å². The highest BCUT2D eigenvalue weighted by molar-refractivity contribution is 7.89. The molecule has 4 rings (SSSR count). The van der Waals surface area contributed by atoms with Gasteiger partial charge >= 0.3 is 0 Å². The Balaban J connectivity index is 1.41. The molecule has 0 aliphatic carbocycles. The normalized spacial score (nSPS) is 17.0. The van der Waals surface area contributed by atoms with E-state index in [0.29, 0.717) is 6.61 Å². The van der Waals surface area contributed by atoms with Crippen molar-refractivity contribution in [2.75, 3.05) is 24.6 Å². The van der Waals surface area contributed by atoms with Crippen LogP contribution in [0.5, 0.6) is 5.75 Å². The summed E-state index contributed by atoms with van der Waals surface area (Å²) in [6, 6.07) is 8.93. The lowest BCUT2D eigenvalue weighted by Crippen LogP contribution is -2.30. The van der Waals surface area contributed by atoms with Gasteiger partial charge < -0.3 is 9.64 Å². The lowest BCUT2D eigenvalue weighted by Gasteiger charge is -2.27. The summed E-state index contributed by atoms with van der Waals surface area (Å²) in [5.74, 6) is 1.75. The average molecular weight is 373 g/mol. The number of hydrogen-bond acceptors (Lipinski definition) is 5. The topological polar surface area (TPSA) is 71.5 Å². The third-order valence-electron chi connectivity index (χ3n) is 4.93. The zero-order valence-corrected chi connectivity index (χ0v) is 15.5. The number of sulfonamides is 1. The average Bonchev–Trinajstić information content (AvgIpc) is 3.15. The lowest BCUT2D eigenvalue weighted by molar-refractivity contribution is 0.356. The molecule has 1 aromatic carbocycles. The maximum absolute atomic E-state index is 12.5. The van der Waals surface area contributed by atoms with Gasteiger partial charge in [-0.05, 0) is 54.7 Å². The molecule has 1 N–H and O–H groups in total. The van der Waals surface area contributed by atoms with Crippen LogP contribution < -0.4 is 14.4 Å². The summed E-state index contributed by atoms with van der Waals surface area (Å²) in [5.41, 5.74) is 1.79. The maximum Gasteiger partial charge on any atom is 0.240 e. The molecule has 2 aromatic rings. The first-order chi connectivity index (χ1) is 12.6. The van der Waals surface area contributed by atoms with Crippen molar-refractivity contribution in [3.8, 4) is 5.75 Å². The molecule has 0 spiro atoms. The van der Waals surface area contributed by atoms with Gasteiger partial charge in [0.1, 0.15) is 11.6 Å². The maximum atomic E-state index is 12.5. The molecule has 3 heterocycles. The molecule has 0 atom stereocenters. The van der Waals surface area contributed by atoms with Gasteiger partial charge in [0.05, 0.1) is 11.5 Å². The summed E-state index contributed by atoms with van der Waals surface area (Å²) in [6.07, 6.45) is 6.19. The van der Waals surface area contributed by atoms with Crippen molar-refractivity contribution in [2.45, 2.75) is 37.1 Å². The van der Waals surface area contributed by atoms with Crippen LogP contribution >= 0.6 is 0 Å². The first kappa shape index (κ1) is 17.3. The number of fused-ring (bicyclic) bond motifs is 1. The number of anilines is 1. The van der Waals surface area contributed by atoms with E-state index in [0.717, 1.165) is 42.2 Å². The van der Waals surface area contributed by atoms with Gasteiger partial charge in [-0.1, -0.05) is 6.07 Å². The van der Waals surface area contributed by atoms with Gasteiger partial charge in [0.2, 0.25) is 10.0 Å². The van der Waals surface area contributed by atoms with Crippen LogP contribution in [0.1, 0.15) is 30.4 Å². The van der Waals surface area contributed by atoms with Crippen LogP contribution in [0.15, 0.2) is 41.4 Å². The highest BCUT2D eigenvalue weighted by Crippen LogP contribution is 2.27. The second-order valence-electron chi connectivity index (χ2n) is 6.76. The fourth-order valence-electron chi connectivity index (χ4n) is 3.42. The Bertz CT molecular complexity index is 875. The number of piperidine rings is 1. The predicted molar refractivity (Wildman–Crippen MR) is 100.0 cm³/mol. The number of hydrogen-bond donors (Lipinski definition) is 1. The van der Waals surface area contributed by atoms with E-state index in [1.54, 1.807) is 24.4 Å². The Morgan fingerprint density at radius 1 is 1.12 bits per heavy atom. The van der Waals surface area contributed by atoms with Crippen molar-refractivity contribution in [1.82, 2.24) is 9.71 Å². The SMILES string of the molecule is O=S(=O)(NCc1ccc(N2CCCCC2)nc1)c1ccc2c(c1)CCO2. The summed E-state index contributed by atoms with van der Waals surface area (Å²) in [6.45, 7) is 2.92. The monoisotopic (exact) mass is 373 g/mol. The standard InChI is InChI=1S/C19H23N3O3S/c23-26(24,17-5-6-18-16(12-17)8-11-25-18)21-14-15-4-7-19(20-13-15)22-9-2-1-3-10-22/h4-7,12-13,21H,1-3,8-11,14H2. The van der Waals surface area contributed by atoms with Crippen molar-refractivity contribution in [2.24, 2.45) is 0 Å². The Kier molecular flexibility index (Phi) is 4.82. The number of rotatable bonds is 5. The van der Waals surface area contributed by atoms with Crippen LogP contribution in [0.4, 0.5) is 5.82 Å². The predicted octanol–water partition coefficient (Wildman–Crippen LogP) is 2.49.